The maximum Gasteiger partial charge on any atom is 0.0553 e. The zero-order valence-electron chi connectivity index (χ0n) is 6.44. The zero-order valence-corrected chi connectivity index (χ0v) is 6.44. The molecule has 8 heavy (non-hydrogen) atoms. The van der Waals surface area contributed by atoms with Gasteiger partial charge >= 0.3 is 0 Å². The summed E-state index contributed by atoms with van der Waals surface area (Å²) in [7, 11) is 0. The average molecular weight is 123 g/mol. The fraction of sp³-hybridized carbons (Fsp3) is 1.00. The van der Waals surface area contributed by atoms with E-state index >= 15 is 0 Å². The fourth-order valence-corrected chi connectivity index (χ4v) is 0. The van der Waals surface area contributed by atoms with Gasteiger partial charge in [-0.1, -0.05) is 27.7 Å². The molecule has 2 nitrogen and oxygen atoms in total. The van der Waals surface area contributed by atoms with Crippen molar-refractivity contribution in [3.63, 3.8) is 0 Å². The molecule has 0 spiro atoms. The molecule has 0 saturated heterocycles. The van der Waals surface area contributed by atoms with E-state index in [0.29, 0.717) is 6.54 Å². The van der Waals surface area contributed by atoms with E-state index < -0.39 is 0 Å². The Morgan fingerprint density at radius 3 is 1.38 bits per heavy atom. The molecule has 0 rings (SSSR count). The first-order valence-electron chi connectivity index (χ1n) is 3.22. The Morgan fingerprint density at radius 2 is 1.38 bits per heavy atom. The minimum atomic E-state index is 0. The summed E-state index contributed by atoms with van der Waals surface area (Å²) in [5, 5.41) is 7.75. The van der Waals surface area contributed by atoms with Crippen molar-refractivity contribution in [2.24, 2.45) is 5.73 Å². The van der Waals surface area contributed by atoms with E-state index in [4.69, 9.17) is 10.8 Å². The number of nitrogens with two attached hydrogens (primary N) is 1. The minimum Gasteiger partial charge on any atom is -0.395 e. The highest BCUT2D eigenvalue weighted by Gasteiger charge is 1.56. The maximum atomic E-state index is 7.75. The van der Waals surface area contributed by atoms with Gasteiger partial charge in [-0.25, -0.2) is 0 Å². The van der Waals surface area contributed by atoms with Crippen LogP contribution in [0.4, 0.5) is 0 Å². The van der Waals surface area contributed by atoms with Crippen molar-refractivity contribution < 1.29 is 6.53 Å². The van der Waals surface area contributed by atoms with Gasteiger partial charge in [-0.2, -0.15) is 0 Å². The summed E-state index contributed by atoms with van der Waals surface area (Å²) in [6.45, 7) is 8.47. The van der Waals surface area contributed by atoms with Crippen molar-refractivity contribution in [3.8, 4) is 0 Å². The smallest absolute Gasteiger partial charge is 0.0553 e. The van der Waals surface area contributed by atoms with Crippen molar-refractivity contribution in [1.29, 1.82) is 0 Å². The quantitative estimate of drug-likeness (QED) is 0.551. The van der Waals surface area contributed by atoms with E-state index in [0.717, 1.165) is 0 Å². The predicted molar refractivity (Wildman–Crippen MR) is 41.0 cm³/mol. The Balaban J connectivity index is -0.0000000221. The molecule has 0 fully saturated rings. The Labute approximate surface area is 54.2 Å². The van der Waals surface area contributed by atoms with Crippen LogP contribution in [-0.2, 0) is 0 Å². The first-order valence-corrected chi connectivity index (χ1v) is 3.22. The molecular weight excluding hydrogens is 102 g/mol. The van der Waals surface area contributed by atoms with Gasteiger partial charge < -0.3 is 10.8 Å². The van der Waals surface area contributed by atoms with Gasteiger partial charge in [0.05, 0.1) is 6.61 Å². The lowest BCUT2D eigenvalue weighted by molar-refractivity contribution is 0.306. The molecule has 0 amide bonds. The Hall–Kier alpha value is -0.0800. The summed E-state index contributed by atoms with van der Waals surface area (Å²) in [6.07, 6.45) is 0. The molecular formula is C6H21NO. The summed E-state index contributed by atoms with van der Waals surface area (Å²) in [5.41, 5.74) is 4.78. The lowest BCUT2D eigenvalue weighted by Crippen LogP contribution is -2.02. The summed E-state index contributed by atoms with van der Waals surface area (Å²) >= 11 is 0. The standard InChI is InChI=1S/C2H7NO.2C2H6.H2/c3-1-2-4;2*1-2;/h4H,1-3H2;2*1-2H3;1H. The van der Waals surface area contributed by atoms with Crippen LogP contribution < -0.4 is 5.73 Å². The molecule has 0 aromatic carbocycles. The molecule has 3 N–H and O–H groups in total. The molecule has 56 valence electrons. The third-order valence-corrected chi connectivity index (χ3v) is 0.129. The molecule has 0 aliphatic rings. The monoisotopic (exact) mass is 123 g/mol. The largest absolute Gasteiger partial charge is 0.395 e. The molecule has 0 unspecified atom stereocenters. The van der Waals surface area contributed by atoms with Crippen molar-refractivity contribution in [2.75, 3.05) is 13.2 Å². The van der Waals surface area contributed by atoms with Crippen molar-refractivity contribution in [2.45, 2.75) is 27.7 Å². The number of aliphatic hydroxyl groups is 1. The minimum absolute atomic E-state index is 0. The lowest BCUT2D eigenvalue weighted by Gasteiger charge is -1.71. The molecule has 0 heterocycles. The highest BCUT2D eigenvalue weighted by molar-refractivity contribution is 4.17. The van der Waals surface area contributed by atoms with Gasteiger partial charge in [0.2, 0.25) is 0 Å². The van der Waals surface area contributed by atoms with E-state index in [1.54, 1.807) is 0 Å². The van der Waals surface area contributed by atoms with Crippen LogP contribution in [0.2, 0.25) is 0 Å². The number of aliphatic hydroxyl groups excluding tert-OH is 1. The van der Waals surface area contributed by atoms with Crippen LogP contribution >= 0.6 is 0 Å². The molecule has 0 aliphatic heterocycles. The Bertz CT molecular complexity index is 15.0. The fourth-order valence-electron chi connectivity index (χ4n) is 0. The Morgan fingerprint density at radius 1 is 1.25 bits per heavy atom. The third kappa shape index (κ3) is 169. The van der Waals surface area contributed by atoms with Gasteiger partial charge in [0.25, 0.3) is 0 Å². The second kappa shape index (κ2) is 65.8. The average Bonchev–Trinajstić information content (AvgIpc) is 1.96. The summed E-state index contributed by atoms with van der Waals surface area (Å²) in [5.74, 6) is 0. The van der Waals surface area contributed by atoms with Gasteiger partial charge in [-0.3, -0.25) is 0 Å². The second-order valence-corrected chi connectivity index (χ2v) is 0.512. The maximum absolute atomic E-state index is 7.75. The van der Waals surface area contributed by atoms with Crippen LogP contribution in [0.1, 0.15) is 29.1 Å². The third-order valence-electron chi connectivity index (χ3n) is 0.129. The molecule has 0 saturated carbocycles. The van der Waals surface area contributed by atoms with Crippen LogP contribution in [-0.4, -0.2) is 18.3 Å². The van der Waals surface area contributed by atoms with Gasteiger partial charge in [-0.15, -0.1) is 0 Å². The van der Waals surface area contributed by atoms with E-state index in [2.05, 4.69) is 0 Å². The summed E-state index contributed by atoms with van der Waals surface area (Å²) in [6, 6.07) is 0. The van der Waals surface area contributed by atoms with Gasteiger partial charge in [0, 0.05) is 7.97 Å². The SMILES string of the molecule is CC.CC.NCCO.[HH]. The Kier molecular flexibility index (Phi) is 129. The van der Waals surface area contributed by atoms with Crippen molar-refractivity contribution in [1.82, 2.24) is 0 Å². The van der Waals surface area contributed by atoms with Gasteiger partial charge in [-0.05, 0) is 0 Å². The van der Waals surface area contributed by atoms with E-state index in [1.165, 1.54) is 0 Å². The number of hydrogen-bond donors (Lipinski definition) is 2. The normalized spacial score (nSPS) is 5.25. The zero-order chi connectivity index (χ0) is 7.41. The topological polar surface area (TPSA) is 46.2 Å². The van der Waals surface area contributed by atoms with Gasteiger partial charge in [0.1, 0.15) is 0 Å². The van der Waals surface area contributed by atoms with Crippen molar-refractivity contribution in [3.05, 3.63) is 0 Å². The van der Waals surface area contributed by atoms with Crippen LogP contribution in [0, 0.1) is 0 Å². The molecule has 0 bridgehead atoms. The first-order chi connectivity index (χ1) is 3.91. The molecule has 0 aromatic heterocycles. The van der Waals surface area contributed by atoms with Crippen molar-refractivity contribution >= 4 is 0 Å². The van der Waals surface area contributed by atoms with Crippen LogP contribution in [0.5, 0.6) is 0 Å². The number of hydrogen-bond acceptors (Lipinski definition) is 2. The second-order valence-electron chi connectivity index (χ2n) is 0.512. The molecule has 0 atom stereocenters. The highest BCUT2D eigenvalue weighted by Crippen LogP contribution is 1.33. The first kappa shape index (κ1) is 15.7. The highest BCUT2D eigenvalue weighted by atomic mass is 16.3. The lowest BCUT2D eigenvalue weighted by atomic mass is 10.8. The van der Waals surface area contributed by atoms with Crippen LogP contribution in [0.15, 0.2) is 0 Å². The predicted octanol–water partition coefficient (Wildman–Crippen LogP) is 1.24. The van der Waals surface area contributed by atoms with Gasteiger partial charge in [0.15, 0.2) is 0 Å². The molecule has 0 aromatic rings. The summed E-state index contributed by atoms with van der Waals surface area (Å²) in [4.78, 5) is 0. The molecule has 0 aliphatic carbocycles. The summed E-state index contributed by atoms with van der Waals surface area (Å²) < 4.78 is 0. The molecule has 2 heteroatoms. The van der Waals surface area contributed by atoms with E-state index in [-0.39, 0.29) is 8.03 Å². The van der Waals surface area contributed by atoms with Crippen LogP contribution in [0.25, 0.3) is 0 Å². The van der Waals surface area contributed by atoms with E-state index in [9.17, 15) is 0 Å². The van der Waals surface area contributed by atoms with Crippen LogP contribution in [0.3, 0.4) is 0 Å². The molecule has 0 radical (unpaired) electrons. The van der Waals surface area contributed by atoms with E-state index in [1.807, 2.05) is 27.7 Å². The number of rotatable bonds is 1.